The predicted molar refractivity (Wildman–Crippen MR) is 134 cm³/mol. The smallest absolute Gasteiger partial charge is 0.256 e. The van der Waals surface area contributed by atoms with Crippen molar-refractivity contribution in [2.45, 2.75) is 62.6 Å². The quantitative estimate of drug-likeness (QED) is 0.593. The van der Waals surface area contributed by atoms with Gasteiger partial charge in [-0.2, -0.15) is 0 Å². The van der Waals surface area contributed by atoms with Crippen molar-refractivity contribution >= 4 is 22.8 Å². The van der Waals surface area contributed by atoms with Gasteiger partial charge >= 0.3 is 0 Å². The summed E-state index contributed by atoms with van der Waals surface area (Å²) >= 11 is 0. The van der Waals surface area contributed by atoms with Gasteiger partial charge < -0.3 is 20.1 Å². The van der Waals surface area contributed by atoms with Crippen LogP contribution < -0.4 is 5.32 Å². The molecule has 2 amide bonds. The number of rotatable bonds is 2. The van der Waals surface area contributed by atoms with Gasteiger partial charge in [0.2, 0.25) is 0 Å². The van der Waals surface area contributed by atoms with Crippen LogP contribution in [0, 0.1) is 0 Å². The average Bonchev–Trinajstić information content (AvgIpc) is 3.49. The van der Waals surface area contributed by atoms with Crippen LogP contribution >= 0.6 is 0 Å². The number of hydrogen-bond donors (Lipinski definition) is 2. The summed E-state index contributed by atoms with van der Waals surface area (Å²) in [6, 6.07) is 8.77. The van der Waals surface area contributed by atoms with Crippen molar-refractivity contribution in [2.75, 3.05) is 20.1 Å². The topological polar surface area (TPSA) is 81.3 Å². The van der Waals surface area contributed by atoms with E-state index in [1.165, 1.54) is 6.42 Å². The van der Waals surface area contributed by atoms with Gasteiger partial charge in [0.05, 0.1) is 11.1 Å². The van der Waals surface area contributed by atoms with Crippen LogP contribution in [0.2, 0.25) is 0 Å². The molecule has 2 unspecified atom stereocenters. The zero-order chi connectivity index (χ0) is 23.7. The molecule has 2 aromatic heterocycles. The van der Waals surface area contributed by atoms with Crippen LogP contribution in [0.5, 0.6) is 0 Å². The van der Waals surface area contributed by atoms with E-state index < -0.39 is 0 Å². The van der Waals surface area contributed by atoms with Gasteiger partial charge in [0.15, 0.2) is 0 Å². The molecule has 2 saturated heterocycles. The first-order valence-corrected chi connectivity index (χ1v) is 13.0. The second-order valence-electron chi connectivity index (χ2n) is 11.0. The summed E-state index contributed by atoms with van der Waals surface area (Å²) in [6.45, 7) is 1.88. The number of amides is 2. The SMILES string of the molecule is CN1CC2CCC(C1)N2C(=O)c1cnc2[nH]cc(-c3ccc4c(c3)C3(CCCCC3)NC4=O)c2c1. The highest BCUT2D eigenvalue weighted by Crippen LogP contribution is 2.44. The fraction of sp³-hybridized carbons (Fsp3) is 0.464. The summed E-state index contributed by atoms with van der Waals surface area (Å²) in [5.41, 5.74) is 5.21. The van der Waals surface area contributed by atoms with E-state index >= 15 is 0 Å². The number of fused-ring (bicyclic) bond motifs is 5. The van der Waals surface area contributed by atoms with Crippen molar-refractivity contribution in [1.82, 2.24) is 25.1 Å². The van der Waals surface area contributed by atoms with Gasteiger partial charge in [0.1, 0.15) is 5.65 Å². The van der Waals surface area contributed by atoms with Crippen LogP contribution in [0.25, 0.3) is 22.2 Å². The summed E-state index contributed by atoms with van der Waals surface area (Å²) in [5.74, 6) is 0.140. The number of carbonyl (C=O) groups excluding carboxylic acids is 2. The number of nitrogens with zero attached hydrogens (tertiary/aromatic N) is 3. The van der Waals surface area contributed by atoms with E-state index in [0.29, 0.717) is 17.6 Å². The summed E-state index contributed by atoms with van der Waals surface area (Å²) in [7, 11) is 2.14. The van der Waals surface area contributed by atoms with Crippen molar-refractivity contribution in [2.24, 2.45) is 0 Å². The van der Waals surface area contributed by atoms with Crippen molar-refractivity contribution in [3.8, 4) is 11.1 Å². The molecule has 4 aliphatic rings. The number of aromatic nitrogens is 2. The average molecular weight is 470 g/mol. The van der Waals surface area contributed by atoms with Gasteiger partial charge in [0.25, 0.3) is 11.8 Å². The number of aromatic amines is 1. The second-order valence-corrected chi connectivity index (χ2v) is 11.0. The third kappa shape index (κ3) is 3.17. The molecule has 0 radical (unpaired) electrons. The minimum Gasteiger partial charge on any atom is -0.346 e. The van der Waals surface area contributed by atoms with E-state index in [4.69, 9.17) is 0 Å². The maximum atomic E-state index is 13.6. The number of H-pyrrole nitrogens is 1. The molecule has 7 nitrogen and oxygen atoms in total. The van der Waals surface area contributed by atoms with Crippen molar-refractivity contribution in [1.29, 1.82) is 0 Å². The van der Waals surface area contributed by atoms with Crippen LogP contribution in [-0.2, 0) is 5.54 Å². The van der Waals surface area contributed by atoms with Crippen LogP contribution in [0.3, 0.4) is 0 Å². The first-order chi connectivity index (χ1) is 17.0. The third-order valence-corrected chi connectivity index (χ3v) is 8.83. The summed E-state index contributed by atoms with van der Waals surface area (Å²) in [4.78, 5) is 38.7. The summed E-state index contributed by atoms with van der Waals surface area (Å²) in [6.07, 6.45) is 11.3. The number of benzene rings is 1. The molecule has 1 spiro atoms. The zero-order valence-corrected chi connectivity index (χ0v) is 20.1. The van der Waals surface area contributed by atoms with E-state index in [-0.39, 0.29) is 17.4 Å². The van der Waals surface area contributed by atoms with Crippen molar-refractivity contribution in [3.05, 3.63) is 53.3 Å². The Kier molecular flexibility index (Phi) is 4.62. The molecule has 2 N–H and O–H groups in total. The first-order valence-electron chi connectivity index (χ1n) is 13.0. The lowest BCUT2D eigenvalue weighted by Crippen LogP contribution is -2.54. The molecule has 35 heavy (non-hydrogen) atoms. The van der Waals surface area contributed by atoms with Crippen LogP contribution in [0.1, 0.15) is 71.2 Å². The monoisotopic (exact) mass is 469 g/mol. The minimum atomic E-state index is -0.229. The fourth-order valence-corrected chi connectivity index (χ4v) is 7.16. The Balaban J connectivity index is 1.27. The molecule has 3 aliphatic heterocycles. The molecule has 5 heterocycles. The molecular weight excluding hydrogens is 438 g/mol. The van der Waals surface area contributed by atoms with Gasteiger partial charge in [0, 0.05) is 54.1 Å². The molecule has 3 fully saturated rings. The number of hydrogen-bond acceptors (Lipinski definition) is 4. The molecule has 1 aromatic carbocycles. The molecule has 2 bridgehead atoms. The number of pyridine rings is 1. The number of nitrogens with one attached hydrogen (secondary N) is 2. The van der Waals surface area contributed by atoms with Crippen LogP contribution in [0.15, 0.2) is 36.7 Å². The van der Waals surface area contributed by atoms with Crippen LogP contribution in [-0.4, -0.2) is 63.8 Å². The molecule has 2 atom stereocenters. The van der Waals surface area contributed by atoms with Crippen molar-refractivity contribution < 1.29 is 9.59 Å². The van der Waals surface area contributed by atoms with Gasteiger partial charge in [-0.3, -0.25) is 9.59 Å². The number of likely N-dealkylation sites (N-methyl/N-ethyl adjacent to an activating group) is 1. The summed E-state index contributed by atoms with van der Waals surface area (Å²) in [5, 5.41) is 4.26. The Morgan fingerprint density at radius 3 is 2.60 bits per heavy atom. The highest BCUT2D eigenvalue weighted by atomic mass is 16.2. The van der Waals surface area contributed by atoms with E-state index in [1.54, 1.807) is 6.20 Å². The Bertz CT molecular complexity index is 1340. The number of likely N-dealkylation sites (tertiary alicyclic amines) is 1. The van der Waals surface area contributed by atoms with Gasteiger partial charge in [-0.25, -0.2) is 4.98 Å². The lowest BCUT2D eigenvalue weighted by atomic mass is 9.77. The normalized spacial score (nSPS) is 25.3. The molecule has 7 rings (SSSR count). The minimum absolute atomic E-state index is 0.0451. The number of carbonyl (C=O) groups is 2. The van der Waals surface area contributed by atoms with E-state index in [9.17, 15) is 9.59 Å². The van der Waals surface area contributed by atoms with E-state index in [2.05, 4.69) is 38.2 Å². The predicted octanol–water partition coefficient (Wildman–Crippen LogP) is 4.05. The largest absolute Gasteiger partial charge is 0.346 e. The lowest BCUT2D eigenvalue weighted by molar-refractivity contribution is 0.0472. The Morgan fingerprint density at radius 2 is 1.83 bits per heavy atom. The standard InChI is InChI=1S/C28H31N5O2/c1-32-15-19-6-7-20(16-32)33(19)27(35)18-11-22-23(14-30-25(22)29-13-18)17-5-8-21-24(12-17)28(31-26(21)34)9-3-2-4-10-28/h5,8,11-14,19-20H,2-4,6-7,9-10,15-16H2,1H3,(H,29,30)(H,31,34). The van der Waals surface area contributed by atoms with Gasteiger partial charge in [-0.15, -0.1) is 0 Å². The molecule has 1 aliphatic carbocycles. The van der Waals surface area contributed by atoms with Crippen LogP contribution in [0.4, 0.5) is 0 Å². The Morgan fingerprint density at radius 1 is 1.06 bits per heavy atom. The molecule has 3 aromatic rings. The molecule has 180 valence electrons. The molecular formula is C28H31N5O2. The fourth-order valence-electron chi connectivity index (χ4n) is 7.16. The van der Waals surface area contributed by atoms with E-state index in [1.807, 2.05) is 24.4 Å². The van der Waals surface area contributed by atoms with E-state index in [0.717, 1.165) is 84.9 Å². The third-order valence-electron chi connectivity index (χ3n) is 8.83. The molecule has 1 saturated carbocycles. The molecule has 7 heteroatoms. The number of piperazine rings is 1. The zero-order valence-electron chi connectivity index (χ0n) is 20.1. The highest BCUT2D eigenvalue weighted by molar-refractivity contribution is 6.03. The van der Waals surface area contributed by atoms with Gasteiger partial charge in [-0.1, -0.05) is 25.3 Å². The van der Waals surface area contributed by atoms with Crippen molar-refractivity contribution in [3.63, 3.8) is 0 Å². The Hall–Kier alpha value is -3.19. The Labute approximate surface area is 204 Å². The first kappa shape index (κ1) is 21.1. The second kappa shape index (κ2) is 7.65. The summed E-state index contributed by atoms with van der Waals surface area (Å²) < 4.78 is 0. The lowest BCUT2D eigenvalue weighted by Gasteiger charge is -2.39. The highest BCUT2D eigenvalue weighted by Gasteiger charge is 2.44. The van der Waals surface area contributed by atoms with Gasteiger partial charge in [-0.05, 0) is 62.1 Å². The maximum Gasteiger partial charge on any atom is 0.256 e. The maximum absolute atomic E-state index is 13.6.